The standard InChI is InChI=1S/C14H18N2O2/c1-9(13(16-15)14(17)18)11-8-4-6-10-5-2-3-7-12(10)11/h2-3,5,7,9,11,13,15H,4,6,8H2,1H3,(H,17,18)/t9?,11?,13-/m1/s1. The van der Waals surface area contributed by atoms with Crippen molar-refractivity contribution in [2.75, 3.05) is 0 Å². The first kappa shape index (κ1) is 12.7. The van der Waals surface area contributed by atoms with Gasteiger partial charge < -0.3 is 5.11 Å². The fourth-order valence-electron chi connectivity index (χ4n) is 2.96. The molecule has 0 radical (unpaired) electrons. The molecule has 1 aliphatic carbocycles. The molecule has 1 aromatic rings. The second-order valence-electron chi connectivity index (χ2n) is 4.97. The Hall–Kier alpha value is -1.71. The predicted molar refractivity (Wildman–Crippen MR) is 67.9 cm³/mol. The average Bonchev–Trinajstić information content (AvgIpc) is 2.38. The smallest absolute Gasteiger partial charge is 0.330 e. The summed E-state index contributed by atoms with van der Waals surface area (Å²) < 4.78 is 0. The van der Waals surface area contributed by atoms with Gasteiger partial charge in [-0.15, -0.1) is 0 Å². The molecule has 1 aromatic carbocycles. The van der Waals surface area contributed by atoms with Crippen LogP contribution in [0.2, 0.25) is 0 Å². The fraction of sp³-hybridized carbons (Fsp3) is 0.500. The maximum Gasteiger partial charge on any atom is 0.330 e. The number of aliphatic carboxylic acids is 1. The molecule has 0 heterocycles. The number of hydrogen-bond donors (Lipinski definition) is 2. The molecule has 2 rings (SSSR count). The van der Waals surface area contributed by atoms with Crippen LogP contribution in [0.25, 0.3) is 0 Å². The van der Waals surface area contributed by atoms with E-state index in [9.17, 15) is 4.79 Å². The molecule has 0 aromatic heterocycles. The summed E-state index contributed by atoms with van der Waals surface area (Å²) >= 11 is 0. The molecule has 4 heteroatoms. The van der Waals surface area contributed by atoms with Gasteiger partial charge in [0.2, 0.25) is 0 Å². The van der Waals surface area contributed by atoms with E-state index in [1.807, 2.05) is 19.1 Å². The molecule has 18 heavy (non-hydrogen) atoms. The third-order valence-electron chi connectivity index (χ3n) is 3.94. The highest BCUT2D eigenvalue weighted by molar-refractivity contribution is 5.74. The SMILES string of the molecule is CC(C1CCCc2ccccc21)[C@@H](N=N)C(=O)O. The normalized spacial score (nSPS) is 21.7. The van der Waals surface area contributed by atoms with E-state index >= 15 is 0 Å². The molecule has 0 saturated carbocycles. The van der Waals surface area contributed by atoms with Gasteiger partial charge in [0.25, 0.3) is 0 Å². The van der Waals surface area contributed by atoms with Gasteiger partial charge >= 0.3 is 5.97 Å². The Morgan fingerprint density at radius 3 is 2.89 bits per heavy atom. The highest BCUT2D eigenvalue weighted by Gasteiger charge is 2.33. The summed E-state index contributed by atoms with van der Waals surface area (Å²) in [6, 6.07) is 7.29. The highest BCUT2D eigenvalue weighted by Crippen LogP contribution is 2.38. The Balaban J connectivity index is 2.29. The maximum absolute atomic E-state index is 11.1. The molecule has 1 aliphatic rings. The van der Waals surface area contributed by atoms with Crippen LogP contribution in [0.1, 0.15) is 36.8 Å². The van der Waals surface area contributed by atoms with Gasteiger partial charge in [-0.3, -0.25) is 0 Å². The molecule has 0 aliphatic heterocycles. The summed E-state index contributed by atoms with van der Waals surface area (Å²) in [5.74, 6) is -0.938. The van der Waals surface area contributed by atoms with Crippen LogP contribution in [0.4, 0.5) is 0 Å². The van der Waals surface area contributed by atoms with Crippen LogP contribution in [0.15, 0.2) is 29.4 Å². The molecule has 0 amide bonds. The van der Waals surface area contributed by atoms with Gasteiger partial charge in [-0.2, -0.15) is 5.11 Å². The molecule has 0 bridgehead atoms. The molecular weight excluding hydrogens is 228 g/mol. The van der Waals surface area contributed by atoms with Crippen LogP contribution in [0.3, 0.4) is 0 Å². The topological polar surface area (TPSA) is 73.5 Å². The van der Waals surface area contributed by atoms with Crippen molar-refractivity contribution in [3.63, 3.8) is 0 Å². The van der Waals surface area contributed by atoms with Gasteiger partial charge in [0.1, 0.15) is 0 Å². The van der Waals surface area contributed by atoms with Crippen LogP contribution in [0.5, 0.6) is 0 Å². The maximum atomic E-state index is 11.1. The predicted octanol–water partition coefficient (Wildman–Crippen LogP) is 3.23. The summed E-state index contributed by atoms with van der Waals surface area (Å²) in [4.78, 5) is 11.1. The molecule has 0 saturated heterocycles. The van der Waals surface area contributed by atoms with Gasteiger partial charge in [-0.05, 0) is 42.2 Å². The van der Waals surface area contributed by atoms with Gasteiger partial charge in [-0.25, -0.2) is 10.3 Å². The van der Waals surface area contributed by atoms with Crippen molar-refractivity contribution in [3.8, 4) is 0 Å². The first-order valence-electron chi connectivity index (χ1n) is 6.32. The lowest BCUT2D eigenvalue weighted by Gasteiger charge is -2.31. The van der Waals surface area contributed by atoms with E-state index < -0.39 is 12.0 Å². The van der Waals surface area contributed by atoms with Crippen molar-refractivity contribution >= 4 is 5.97 Å². The van der Waals surface area contributed by atoms with E-state index in [1.165, 1.54) is 11.1 Å². The average molecular weight is 246 g/mol. The second kappa shape index (κ2) is 5.29. The van der Waals surface area contributed by atoms with Gasteiger partial charge in [0.15, 0.2) is 6.04 Å². The number of fused-ring (bicyclic) bond motifs is 1. The van der Waals surface area contributed by atoms with Crippen molar-refractivity contribution in [1.82, 2.24) is 0 Å². The third kappa shape index (κ3) is 2.28. The number of carboxylic acid groups (broad SMARTS) is 1. The van der Waals surface area contributed by atoms with Gasteiger partial charge in [0.05, 0.1) is 0 Å². The number of carbonyl (C=O) groups is 1. The molecular formula is C14H18N2O2. The summed E-state index contributed by atoms with van der Waals surface area (Å²) in [7, 11) is 0. The van der Waals surface area contributed by atoms with Crippen LogP contribution in [-0.4, -0.2) is 17.1 Å². The molecule has 2 N–H and O–H groups in total. The minimum absolute atomic E-state index is 0.138. The number of nitrogens with zero attached hydrogens (tertiary/aromatic N) is 1. The molecule has 2 unspecified atom stereocenters. The lowest BCUT2D eigenvalue weighted by atomic mass is 9.74. The summed E-state index contributed by atoms with van der Waals surface area (Å²) in [5.41, 5.74) is 9.62. The van der Waals surface area contributed by atoms with E-state index in [-0.39, 0.29) is 11.8 Å². The van der Waals surface area contributed by atoms with E-state index in [2.05, 4.69) is 17.2 Å². The van der Waals surface area contributed by atoms with Crippen LogP contribution in [-0.2, 0) is 11.2 Å². The Bertz CT molecular complexity index is 459. The second-order valence-corrected chi connectivity index (χ2v) is 4.97. The minimum Gasteiger partial charge on any atom is -0.480 e. The number of carboxylic acids is 1. The van der Waals surface area contributed by atoms with Crippen LogP contribution in [0, 0.1) is 11.4 Å². The zero-order valence-electron chi connectivity index (χ0n) is 10.5. The Morgan fingerprint density at radius 1 is 1.50 bits per heavy atom. The van der Waals surface area contributed by atoms with Crippen LogP contribution >= 0.6 is 0 Å². The van der Waals surface area contributed by atoms with Gasteiger partial charge in [-0.1, -0.05) is 31.2 Å². The zero-order valence-corrected chi connectivity index (χ0v) is 10.5. The summed E-state index contributed by atoms with van der Waals surface area (Å²) in [5, 5.41) is 12.4. The van der Waals surface area contributed by atoms with Crippen molar-refractivity contribution < 1.29 is 9.90 Å². The molecule has 0 fully saturated rings. The van der Waals surface area contributed by atoms with E-state index in [0.29, 0.717) is 0 Å². The number of nitrogens with one attached hydrogen (secondary N) is 1. The Labute approximate surface area is 107 Å². The first-order valence-corrected chi connectivity index (χ1v) is 6.32. The van der Waals surface area contributed by atoms with Crippen LogP contribution < -0.4 is 0 Å². The monoisotopic (exact) mass is 246 g/mol. The van der Waals surface area contributed by atoms with E-state index in [1.54, 1.807) is 0 Å². The fourth-order valence-corrected chi connectivity index (χ4v) is 2.96. The van der Waals surface area contributed by atoms with Crippen molar-refractivity contribution in [2.24, 2.45) is 11.0 Å². The van der Waals surface area contributed by atoms with Gasteiger partial charge in [0, 0.05) is 0 Å². The highest BCUT2D eigenvalue weighted by atomic mass is 16.4. The zero-order chi connectivity index (χ0) is 13.1. The van der Waals surface area contributed by atoms with E-state index in [0.717, 1.165) is 19.3 Å². The largest absolute Gasteiger partial charge is 0.480 e. The van der Waals surface area contributed by atoms with Crippen molar-refractivity contribution in [2.45, 2.75) is 38.1 Å². The Morgan fingerprint density at radius 2 is 2.22 bits per heavy atom. The molecule has 0 spiro atoms. The van der Waals surface area contributed by atoms with Crippen molar-refractivity contribution in [3.05, 3.63) is 35.4 Å². The number of hydrogen-bond acceptors (Lipinski definition) is 3. The lowest BCUT2D eigenvalue weighted by molar-refractivity contribution is -0.140. The first-order chi connectivity index (χ1) is 8.65. The molecule has 3 atom stereocenters. The third-order valence-corrected chi connectivity index (χ3v) is 3.94. The number of rotatable bonds is 4. The quantitative estimate of drug-likeness (QED) is 0.800. The summed E-state index contributed by atoms with van der Waals surface area (Å²) in [6.45, 7) is 1.89. The minimum atomic E-state index is -0.999. The molecule has 96 valence electrons. The number of benzene rings is 1. The Kier molecular flexibility index (Phi) is 3.75. The van der Waals surface area contributed by atoms with E-state index in [4.69, 9.17) is 10.6 Å². The number of aryl methyl sites for hydroxylation is 1. The van der Waals surface area contributed by atoms with Crippen molar-refractivity contribution in [1.29, 1.82) is 5.53 Å². The summed E-state index contributed by atoms with van der Waals surface area (Å²) in [6.07, 6.45) is 3.13. The lowest BCUT2D eigenvalue weighted by Crippen LogP contribution is -2.31. The molecule has 4 nitrogen and oxygen atoms in total.